The van der Waals surface area contributed by atoms with Crippen molar-refractivity contribution in [1.29, 1.82) is 5.26 Å². The van der Waals surface area contributed by atoms with E-state index < -0.39 is 5.82 Å². The van der Waals surface area contributed by atoms with Gasteiger partial charge in [0.2, 0.25) is 0 Å². The Hall–Kier alpha value is -1.34. The summed E-state index contributed by atoms with van der Waals surface area (Å²) >= 11 is 5.82. The zero-order valence-corrected chi connectivity index (χ0v) is 11.2. The van der Waals surface area contributed by atoms with E-state index in [1.807, 2.05) is 6.07 Å². The Morgan fingerprint density at radius 2 is 2.33 bits per heavy atom. The minimum atomic E-state index is -0.529. The first-order valence-corrected chi connectivity index (χ1v) is 6.40. The van der Waals surface area contributed by atoms with Crippen molar-refractivity contribution >= 4 is 17.4 Å². The van der Waals surface area contributed by atoms with Gasteiger partial charge in [0.25, 0.3) is 0 Å². The predicted molar refractivity (Wildman–Crippen MR) is 69.0 cm³/mol. The molecule has 1 atom stereocenters. The average Bonchev–Trinajstić information content (AvgIpc) is 3.08. The van der Waals surface area contributed by atoms with Gasteiger partial charge in [0.15, 0.2) is 11.6 Å². The quantitative estimate of drug-likeness (QED) is 0.846. The summed E-state index contributed by atoms with van der Waals surface area (Å²) in [6, 6.07) is 3.12. The van der Waals surface area contributed by atoms with Crippen LogP contribution in [0.3, 0.4) is 0 Å². The molecule has 5 heteroatoms. The summed E-state index contributed by atoms with van der Waals surface area (Å²) in [6.07, 6.45) is 3.18. The molecule has 0 bridgehead atoms. The molecule has 1 saturated carbocycles. The number of hydrogen-bond acceptors (Lipinski definition) is 3. The van der Waals surface area contributed by atoms with Crippen molar-refractivity contribution in [2.45, 2.75) is 39.2 Å². The third kappa shape index (κ3) is 2.41. The summed E-state index contributed by atoms with van der Waals surface area (Å²) in [5, 5.41) is 11.9. The summed E-state index contributed by atoms with van der Waals surface area (Å²) in [7, 11) is 0. The van der Waals surface area contributed by atoms with E-state index in [-0.39, 0.29) is 28.0 Å². The molecule has 0 saturated heterocycles. The largest absolute Gasteiger partial charge is 0.364 e. The first-order chi connectivity index (χ1) is 8.50. The number of halogens is 2. The second-order valence-electron chi connectivity index (χ2n) is 5.03. The highest BCUT2D eigenvalue weighted by Crippen LogP contribution is 2.50. The van der Waals surface area contributed by atoms with Gasteiger partial charge >= 0.3 is 0 Å². The molecule has 1 aliphatic rings. The fraction of sp³-hybridized carbons (Fsp3) is 0.538. The highest BCUT2D eigenvalue weighted by molar-refractivity contribution is 6.30. The normalized spacial score (nSPS) is 17.9. The van der Waals surface area contributed by atoms with Crippen molar-refractivity contribution < 1.29 is 4.39 Å². The van der Waals surface area contributed by atoms with Gasteiger partial charge in [0.05, 0.1) is 5.56 Å². The number of nitriles is 1. The van der Waals surface area contributed by atoms with E-state index in [1.54, 1.807) is 0 Å². The molecule has 18 heavy (non-hydrogen) atoms. The van der Waals surface area contributed by atoms with E-state index in [9.17, 15) is 4.39 Å². The fourth-order valence-corrected chi connectivity index (χ4v) is 2.31. The topological polar surface area (TPSA) is 48.7 Å². The van der Waals surface area contributed by atoms with Crippen LogP contribution in [-0.2, 0) is 0 Å². The molecule has 0 amide bonds. The number of nitrogens with zero attached hydrogens (tertiary/aromatic N) is 2. The first-order valence-electron chi connectivity index (χ1n) is 6.03. The van der Waals surface area contributed by atoms with Gasteiger partial charge in [-0.25, -0.2) is 9.37 Å². The second-order valence-corrected chi connectivity index (χ2v) is 5.39. The molecule has 0 unspecified atom stereocenters. The molecule has 0 aromatic carbocycles. The van der Waals surface area contributed by atoms with Crippen molar-refractivity contribution in [3.8, 4) is 6.07 Å². The zero-order chi connectivity index (χ0) is 13.3. The third-order valence-corrected chi connectivity index (χ3v) is 3.94. The highest BCUT2D eigenvalue weighted by atomic mass is 35.5. The van der Waals surface area contributed by atoms with E-state index in [1.165, 1.54) is 0 Å². The second kappa shape index (κ2) is 4.74. The number of anilines is 1. The Kier molecular flexibility index (Phi) is 3.45. The van der Waals surface area contributed by atoms with Crippen LogP contribution in [-0.4, -0.2) is 11.0 Å². The van der Waals surface area contributed by atoms with Gasteiger partial charge in [-0.3, -0.25) is 0 Å². The monoisotopic (exact) mass is 267 g/mol. The minimum Gasteiger partial charge on any atom is -0.364 e. The minimum absolute atomic E-state index is 0.0391. The molecule has 1 heterocycles. The molecule has 96 valence electrons. The molecule has 2 rings (SSSR count). The first kappa shape index (κ1) is 13.1. The van der Waals surface area contributed by atoms with E-state index in [4.69, 9.17) is 16.9 Å². The van der Waals surface area contributed by atoms with Crippen LogP contribution in [0.5, 0.6) is 0 Å². The third-order valence-electron chi connectivity index (χ3n) is 3.65. The average molecular weight is 268 g/mol. The van der Waals surface area contributed by atoms with Crippen LogP contribution in [0, 0.1) is 22.6 Å². The Balaban J connectivity index is 2.24. The number of pyridine rings is 1. The van der Waals surface area contributed by atoms with Crippen LogP contribution >= 0.6 is 11.6 Å². The Morgan fingerprint density at radius 1 is 1.67 bits per heavy atom. The molecular weight excluding hydrogens is 253 g/mol. The Morgan fingerprint density at radius 3 is 2.83 bits per heavy atom. The van der Waals surface area contributed by atoms with E-state index in [0.29, 0.717) is 0 Å². The van der Waals surface area contributed by atoms with Crippen LogP contribution in [0.15, 0.2) is 6.07 Å². The Labute approximate surface area is 111 Å². The van der Waals surface area contributed by atoms with Crippen molar-refractivity contribution in [3.63, 3.8) is 0 Å². The van der Waals surface area contributed by atoms with Gasteiger partial charge < -0.3 is 5.32 Å². The van der Waals surface area contributed by atoms with Gasteiger partial charge in [-0.05, 0) is 30.7 Å². The maximum absolute atomic E-state index is 13.8. The lowest BCUT2D eigenvalue weighted by Crippen LogP contribution is -2.28. The van der Waals surface area contributed by atoms with Crippen LogP contribution in [0.4, 0.5) is 10.2 Å². The molecule has 1 aromatic rings. The van der Waals surface area contributed by atoms with E-state index >= 15 is 0 Å². The van der Waals surface area contributed by atoms with Gasteiger partial charge in [0, 0.05) is 6.04 Å². The van der Waals surface area contributed by atoms with Crippen molar-refractivity contribution in [1.82, 2.24) is 4.98 Å². The SMILES string of the molecule is CC[C@@H](Nc1nc(Cl)c(C#N)cc1F)C1(C)CC1. The maximum atomic E-state index is 13.8. The molecule has 1 aliphatic carbocycles. The summed E-state index contributed by atoms with van der Waals surface area (Å²) in [6.45, 7) is 4.24. The standard InChI is InChI=1S/C13H15ClFN3/c1-3-10(13(2)4-5-13)17-12-9(15)6-8(7-16)11(14)18-12/h6,10H,3-5H2,1-2H3,(H,17,18)/t10-/m1/s1. The molecule has 1 aromatic heterocycles. The van der Waals surface area contributed by atoms with Gasteiger partial charge in [-0.1, -0.05) is 25.4 Å². The molecule has 0 radical (unpaired) electrons. The molecule has 3 nitrogen and oxygen atoms in total. The number of aromatic nitrogens is 1. The summed E-state index contributed by atoms with van der Waals surface area (Å²) < 4.78 is 13.8. The number of hydrogen-bond donors (Lipinski definition) is 1. The highest BCUT2D eigenvalue weighted by Gasteiger charge is 2.44. The molecular formula is C13H15ClFN3. The van der Waals surface area contributed by atoms with Gasteiger partial charge in [-0.2, -0.15) is 5.26 Å². The zero-order valence-electron chi connectivity index (χ0n) is 10.4. The van der Waals surface area contributed by atoms with E-state index in [2.05, 4.69) is 24.1 Å². The fourth-order valence-electron chi connectivity index (χ4n) is 2.13. The number of nitrogens with one attached hydrogen (secondary N) is 1. The van der Waals surface area contributed by atoms with Crippen molar-refractivity contribution in [2.75, 3.05) is 5.32 Å². The number of rotatable bonds is 4. The lowest BCUT2D eigenvalue weighted by Gasteiger charge is -2.24. The van der Waals surface area contributed by atoms with Crippen LogP contribution in [0.25, 0.3) is 0 Å². The van der Waals surface area contributed by atoms with Crippen LogP contribution in [0.2, 0.25) is 5.15 Å². The molecule has 1 N–H and O–H groups in total. The van der Waals surface area contributed by atoms with Crippen molar-refractivity contribution in [2.24, 2.45) is 5.41 Å². The van der Waals surface area contributed by atoms with Crippen LogP contribution < -0.4 is 5.32 Å². The summed E-state index contributed by atoms with van der Waals surface area (Å²) in [5.74, 6) is -0.391. The summed E-state index contributed by atoms with van der Waals surface area (Å²) in [5.41, 5.74) is 0.286. The van der Waals surface area contributed by atoms with Gasteiger partial charge in [0.1, 0.15) is 11.2 Å². The molecule has 0 spiro atoms. The smallest absolute Gasteiger partial charge is 0.166 e. The van der Waals surface area contributed by atoms with Crippen molar-refractivity contribution in [3.05, 3.63) is 22.6 Å². The summed E-state index contributed by atoms with van der Waals surface area (Å²) in [4.78, 5) is 3.93. The lowest BCUT2D eigenvalue weighted by atomic mass is 9.96. The predicted octanol–water partition coefficient (Wildman–Crippen LogP) is 3.74. The van der Waals surface area contributed by atoms with Crippen LogP contribution in [0.1, 0.15) is 38.7 Å². The molecule has 0 aliphatic heterocycles. The lowest BCUT2D eigenvalue weighted by molar-refractivity contribution is 0.448. The van der Waals surface area contributed by atoms with E-state index in [0.717, 1.165) is 25.3 Å². The molecule has 1 fully saturated rings. The maximum Gasteiger partial charge on any atom is 0.166 e. The van der Waals surface area contributed by atoms with Gasteiger partial charge in [-0.15, -0.1) is 0 Å². The Bertz CT molecular complexity index is 506.